The normalized spacial score (nSPS) is 10.5. The Kier molecular flexibility index (Phi) is 5.96. The third-order valence-corrected chi connectivity index (χ3v) is 4.82. The van der Waals surface area contributed by atoms with Gasteiger partial charge < -0.3 is 10.1 Å². The summed E-state index contributed by atoms with van der Waals surface area (Å²) in [5.41, 5.74) is 0.818. The third-order valence-electron chi connectivity index (χ3n) is 2.76. The summed E-state index contributed by atoms with van der Waals surface area (Å²) < 4.78 is 6.06. The SMILES string of the molecule is CCCNc1nnc(SCc2cc([N+](=O)[O-])ccc2OC)s1. The Hall–Kier alpha value is -1.87. The van der Waals surface area contributed by atoms with Crippen molar-refractivity contribution < 1.29 is 9.66 Å². The van der Waals surface area contributed by atoms with E-state index in [2.05, 4.69) is 22.4 Å². The van der Waals surface area contributed by atoms with Crippen molar-refractivity contribution in [3.63, 3.8) is 0 Å². The molecular formula is C13H16N4O3S2. The van der Waals surface area contributed by atoms with E-state index in [4.69, 9.17) is 4.74 Å². The Bertz CT molecular complexity index is 648. The molecule has 7 nitrogen and oxygen atoms in total. The van der Waals surface area contributed by atoms with Gasteiger partial charge in [-0.1, -0.05) is 30.0 Å². The van der Waals surface area contributed by atoms with Gasteiger partial charge in [-0.25, -0.2) is 0 Å². The van der Waals surface area contributed by atoms with Gasteiger partial charge in [-0.2, -0.15) is 0 Å². The number of methoxy groups -OCH3 is 1. The summed E-state index contributed by atoms with van der Waals surface area (Å²) >= 11 is 2.95. The lowest BCUT2D eigenvalue weighted by molar-refractivity contribution is -0.384. The van der Waals surface area contributed by atoms with Crippen LogP contribution in [0.4, 0.5) is 10.8 Å². The minimum atomic E-state index is -0.411. The van der Waals surface area contributed by atoms with Crippen LogP contribution in [0.3, 0.4) is 0 Å². The summed E-state index contributed by atoms with van der Waals surface area (Å²) in [7, 11) is 1.55. The van der Waals surface area contributed by atoms with Crippen LogP contribution in [0.1, 0.15) is 18.9 Å². The van der Waals surface area contributed by atoms with Gasteiger partial charge in [-0.15, -0.1) is 10.2 Å². The number of nitro groups is 1. The second-order valence-electron chi connectivity index (χ2n) is 4.34. The highest BCUT2D eigenvalue weighted by Crippen LogP contribution is 2.33. The molecule has 0 bridgehead atoms. The molecule has 0 radical (unpaired) electrons. The zero-order valence-corrected chi connectivity index (χ0v) is 13.9. The van der Waals surface area contributed by atoms with E-state index < -0.39 is 4.92 Å². The molecular weight excluding hydrogens is 324 g/mol. The number of nitrogens with zero attached hydrogens (tertiary/aromatic N) is 3. The zero-order chi connectivity index (χ0) is 15.9. The number of aromatic nitrogens is 2. The summed E-state index contributed by atoms with van der Waals surface area (Å²) in [6.45, 7) is 2.94. The third kappa shape index (κ3) is 4.31. The topological polar surface area (TPSA) is 90.2 Å². The molecule has 0 aliphatic heterocycles. The number of non-ortho nitro benzene ring substituents is 1. The van der Waals surface area contributed by atoms with E-state index in [9.17, 15) is 10.1 Å². The van der Waals surface area contributed by atoms with Gasteiger partial charge in [0.2, 0.25) is 5.13 Å². The van der Waals surface area contributed by atoms with Gasteiger partial charge in [-0.05, 0) is 12.5 Å². The zero-order valence-electron chi connectivity index (χ0n) is 12.2. The van der Waals surface area contributed by atoms with Gasteiger partial charge in [0.05, 0.1) is 12.0 Å². The van der Waals surface area contributed by atoms with Crippen LogP contribution in [0.25, 0.3) is 0 Å². The number of rotatable bonds is 8. The van der Waals surface area contributed by atoms with Crippen LogP contribution < -0.4 is 10.1 Å². The number of anilines is 1. The van der Waals surface area contributed by atoms with Crippen molar-refractivity contribution in [2.45, 2.75) is 23.4 Å². The fourth-order valence-electron chi connectivity index (χ4n) is 1.70. The molecule has 1 heterocycles. The van der Waals surface area contributed by atoms with E-state index >= 15 is 0 Å². The highest BCUT2D eigenvalue weighted by Gasteiger charge is 2.13. The monoisotopic (exact) mass is 340 g/mol. The number of nitro benzene ring substituents is 1. The molecule has 2 rings (SSSR count). The molecule has 0 fully saturated rings. The van der Waals surface area contributed by atoms with Crippen LogP contribution in [0, 0.1) is 10.1 Å². The smallest absolute Gasteiger partial charge is 0.270 e. The summed E-state index contributed by atoms with van der Waals surface area (Å²) in [5.74, 6) is 1.17. The Labute approximate surface area is 136 Å². The largest absolute Gasteiger partial charge is 0.496 e. The number of hydrogen-bond donors (Lipinski definition) is 1. The van der Waals surface area contributed by atoms with Crippen molar-refractivity contribution in [3.8, 4) is 5.75 Å². The van der Waals surface area contributed by atoms with E-state index in [-0.39, 0.29) is 5.69 Å². The van der Waals surface area contributed by atoms with Gasteiger partial charge in [-0.3, -0.25) is 10.1 Å². The van der Waals surface area contributed by atoms with E-state index in [1.807, 2.05) is 0 Å². The van der Waals surface area contributed by atoms with Crippen LogP contribution in [0.2, 0.25) is 0 Å². The Morgan fingerprint density at radius 3 is 2.95 bits per heavy atom. The molecule has 0 unspecified atom stereocenters. The Balaban J connectivity index is 2.05. The number of ether oxygens (including phenoxy) is 1. The molecule has 22 heavy (non-hydrogen) atoms. The maximum absolute atomic E-state index is 10.9. The molecule has 0 spiro atoms. The molecule has 0 saturated heterocycles. The summed E-state index contributed by atoms with van der Waals surface area (Å²) in [4.78, 5) is 10.4. The first-order valence-corrected chi connectivity index (χ1v) is 8.45. The van der Waals surface area contributed by atoms with Gasteiger partial charge >= 0.3 is 0 Å². The van der Waals surface area contributed by atoms with Gasteiger partial charge in [0.25, 0.3) is 5.69 Å². The number of hydrogen-bond acceptors (Lipinski definition) is 8. The number of benzene rings is 1. The molecule has 0 saturated carbocycles. The van der Waals surface area contributed by atoms with E-state index in [0.29, 0.717) is 11.5 Å². The first kappa shape index (κ1) is 16.5. The molecule has 0 amide bonds. The van der Waals surface area contributed by atoms with Crippen molar-refractivity contribution in [1.82, 2.24) is 10.2 Å². The fourth-order valence-corrected chi connectivity index (χ4v) is 3.46. The summed E-state index contributed by atoms with van der Waals surface area (Å²) in [6, 6.07) is 4.58. The second kappa shape index (κ2) is 7.95. The van der Waals surface area contributed by atoms with E-state index in [0.717, 1.165) is 28.0 Å². The van der Waals surface area contributed by atoms with Crippen molar-refractivity contribution in [2.24, 2.45) is 0 Å². The standard InChI is InChI=1S/C13H16N4O3S2/c1-3-6-14-12-15-16-13(22-12)21-8-9-7-10(17(18)19)4-5-11(9)20-2/h4-5,7H,3,6,8H2,1-2H3,(H,14,15). The first-order chi connectivity index (χ1) is 10.6. The predicted molar refractivity (Wildman–Crippen MR) is 87.9 cm³/mol. The van der Waals surface area contributed by atoms with Gasteiger partial charge in [0.15, 0.2) is 4.34 Å². The van der Waals surface area contributed by atoms with Crippen LogP contribution in [-0.4, -0.2) is 28.8 Å². The first-order valence-electron chi connectivity index (χ1n) is 6.65. The lowest BCUT2D eigenvalue weighted by atomic mass is 10.2. The fraction of sp³-hybridized carbons (Fsp3) is 0.385. The lowest BCUT2D eigenvalue weighted by Crippen LogP contribution is -1.98. The second-order valence-corrected chi connectivity index (χ2v) is 6.54. The molecule has 118 valence electrons. The highest BCUT2D eigenvalue weighted by atomic mass is 32.2. The maximum atomic E-state index is 10.9. The quantitative estimate of drug-likeness (QED) is 0.446. The molecule has 0 atom stereocenters. The number of thioether (sulfide) groups is 1. The molecule has 1 N–H and O–H groups in total. The molecule has 0 aliphatic carbocycles. The molecule has 0 aliphatic rings. The average molecular weight is 340 g/mol. The van der Waals surface area contributed by atoms with E-state index in [1.165, 1.54) is 35.2 Å². The molecule has 1 aromatic heterocycles. The minimum absolute atomic E-state index is 0.0546. The summed E-state index contributed by atoms with van der Waals surface area (Å²) in [6.07, 6.45) is 1.02. The van der Waals surface area contributed by atoms with E-state index in [1.54, 1.807) is 13.2 Å². The van der Waals surface area contributed by atoms with Crippen LogP contribution in [0.15, 0.2) is 22.5 Å². The van der Waals surface area contributed by atoms with Gasteiger partial charge in [0, 0.05) is 30.0 Å². The van der Waals surface area contributed by atoms with Crippen LogP contribution in [0.5, 0.6) is 5.75 Å². The van der Waals surface area contributed by atoms with Crippen LogP contribution >= 0.6 is 23.1 Å². The van der Waals surface area contributed by atoms with Crippen LogP contribution in [-0.2, 0) is 5.75 Å². The molecule has 9 heteroatoms. The molecule has 2 aromatic rings. The van der Waals surface area contributed by atoms with Crippen molar-refractivity contribution in [2.75, 3.05) is 19.0 Å². The Morgan fingerprint density at radius 1 is 1.45 bits per heavy atom. The van der Waals surface area contributed by atoms with Crippen molar-refractivity contribution in [3.05, 3.63) is 33.9 Å². The van der Waals surface area contributed by atoms with Gasteiger partial charge in [0.1, 0.15) is 5.75 Å². The number of nitrogens with one attached hydrogen (secondary N) is 1. The highest BCUT2D eigenvalue weighted by molar-refractivity contribution is 8.00. The van der Waals surface area contributed by atoms with Crippen molar-refractivity contribution in [1.29, 1.82) is 0 Å². The maximum Gasteiger partial charge on any atom is 0.270 e. The minimum Gasteiger partial charge on any atom is -0.496 e. The predicted octanol–water partition coefficient (Wildman–Crippen LogP) is 3.57. The summed E-state index contributed by atoms with van der Waals surface area (Å²) in [5, 5.41) is 23.0. The average Bonchev–Trinajstić information content (AvgIpc) is 2.98. The van der Waals surface area contributed by atoms with Crippen molar-refractivity contribution >= 4 is 33.9 Å². The Morgan fingerprint density at radius 2 is 2.27 bits per heavy atom. The molecule has 1 aromatic carbocycles. The lowest BCUT2D eigenvalue weighted by Gasteiger charge is -2.06.